The Labute approximate surface area is 119 Å². The van der Waals surface area contributed by atoms with E-state index in [0.29, 0.717) is 0 Å². The van der Waals surface area contributed by atoms with Gasteiger partial charge in [0.05, 0.1) is 17.4 Å². The first kappa shape index (κ1) is 14.0. The number of carboxylic acids is 1. The molecular formula is C14H12N2O3S. The largest absolute Gasteiger partial charge is 0.478 e. The van der Waals surface area contributed by atoms with Crippen molar-refractivity contribution in [3.63, 3.8) is 0 Å². The summed E-state index contributed by atoms with van der Waals surface area (Å²) in [7, 11) is 0. The van der Waals surface area contributed by atoms with E-state index >= 15 is 0 Å². The van der Waals surface area contributed by atoms with Crippen molar-refractivity contribution in [2.24, 2.45) is 0 Å². The van der Waals surface area contributed by atoms with Crippen molar-refractivity contribution < 1.29 is 14.7 Å². The number of hydrogen-bond acceptors (Lipinski definition) is 4. The average Bonchev–Trinajstić information content (AvgIpc) is 2.83. The van der Waals surface area contributed by atoms with Crippen LogP contribution < -0.4 is 5.32 Å². The highest BCUT2D eigenvalue weighted by atomic mass is 32.1. The number of carbonyl (C=O) groups excluding carboxylic acids is 1. The second-order valence-electron chi connectivity index (χ2n) is 4.00. The number of amides is 1. The van der Waals surface area contributed by atoms with Crippen LogP contribution in [0.25, 0.3) is 6.08 Å². The maximum atomic E-state index is 11.8. The van der Waals surface area contributed by atoms with Crippen LogP contribution >= 0.6 is 11.3 Å². The summed E-state index contributed by atoms with van der Waals surface area (Å²) in [6.07, 6.45) is 5.72. The van der Waals surface area contributed by atoms with Crippen molar-refractivity contribution in [3.05, 3.63) is 52.0 Å². The highest BCUT2D eigenvalue weighted by molar-refractivity contribution is 7.12. The van der Waals surface area contributed by atoms with Gasteiger partial charge in [-0.05, 0) is 31.2 Å². The molecule has 1 amide bonds. The van der Waals surface area contributed by atoms with Gasteiger partial charge >= 0.3 is 5.97 Å². The van der Waals surface area contributed by atoms with E-state index < -0.39 is 11.9 Å². The Kier molecular flexibility index (Phi) is 4.27. The van der Waals surface area contributed by atoms with Gasteiger partial charge in [0.2, 0.25) is 5.91 Å². The van der Waals surface area contributed by atoms with Gasteiger partial charge in [0.25, 0.3) is 0 Å². The predicted molar refractivity (Wildman–Crippen MR) is 77.9 cm³/mol. The molecule has 0 atom stereocenters. The molecule has 0 fully saturated rings. The number of nitrogens with one attached hydrogen (secondary N) is 1. The lowest BCUT2D eigenvalue weighted by atomic mass is 10.2. The SMILES string of the molecule is Cc1ccc(C=CC(=O)Nc2cnccc2C(=O)O)s1. The van der Waals surface area contributed by atoms with Gasteiger partial charge < -0.3 is 10.4 Å². The molecule has 5 nitrogen and oxygen atoms in total. The van der Waals surface area contributed by atoms with Crippen molar-refractivity contribution in [2.45, 2.75) is 6.92 Å². The molecular weight excluding hydrogens is 276 g/mol. The van der Waals surface area contributed by atoms with E-state index in [1.54, 1.807) is 17.4 Å². The average molecular weight is 288 g/mol. The molecule has 2 heterocycles. The molecule has 0 saturated heterocycles. The minimum Gasteiger partial charge on any atom is -0.478 e. The summed E-state index contributed by atoms with van der Waals surface area (Å²) >= 11 is 1.57. The van der Waals surface area contributed by atoms with Crippen molar-refractivity contribution in [1.82, 2.24) is 4.98 Å². The Morgan fingerprint density at radius 2 is 2.15 bits per heavy atom. The third-order valence-corrected chi connectivity index (χ3v) is 3.44. The Hall–Kier alpha value is -2.47. The van der Waals surface area contributed by atoms with Crippen molar-refractivity contribution >= 4 is 35.0 Å². The van der Waals surface area contributed by atoms with Crippen LogP contribution in [0, 0.1) is 6.92 Å². The Morgan fingerprint density at radius 1 is 1.35 bits per heavy atom. The van der Waals surface area contributed by atoms with Gasteiger partial charge in [-0.15, -0.1) is 11.3 Å². The molecule has 0 spiro atoms. The van der Waals surface area contributed by atoms with E-state index in [0.717, 1.165) is 9.75 Å². The van der Waals surface area contributed by atoms with Crippen LogP contribution in [0.15, 0.2) is 36.7 Å². The standard InChI is InChI=1S/C14H12N2O3S/c1-9-2-3-10(20-9)4-5-13(17)16-12-8-15-7-6-11(12)14(18)19/h2-8H,1H3,(H,16,17)(H,18,19). The third-order valence-electron chi connectivity index (χ3n) is 2.47. The van der Waals surface area contributed by atoms with Crippen LogP contribution in [0.4, 0.5) is 5.69 Å². The summed E-state index contributed by atoms with van der Waals surface area (Å²) in [5.74, 6) is -1.51. The zero-order chi connectivity index (χ0) is 14.5. The van der Waals surface area contributed by atoms with E-state index in [4.69, 9.17) is 5.11 Å². The first-order chi connectivity index (χ1) is 9.56. The van der Waals surface area contributed by atoms with Gasteiger partial charge in [-0.25, -0.2) is 4.79 Å². The molecule has 0 radical (unpaired) electrons. The van der Waals surface area contributed by atoms with E-state index in [2.05, 4.69) is 10.3 Å². The number of carbonyl (C=O) groups is 2. The minimum atomic E-state index is -1.11. The number of aromatic nitrogens is 1. The topological polar surface area (TPSA) is 79.3 Å². The van der Waals surface area contributed by atoms with E-state index in [9.17, 15) is 9.59 Å². The van der Waals surface area contributed by atoms with Crippen molar-refractivity contribution in [1.29, 1.82) is 0 Å². The number of rotatable bonds is 4. The van der Waals surface area contributed by atoms with E-state index in [1.165, 1.54) is 24.5 Å². The number of carboxylic acid groups (broad SMARTS) is 1. The smallest absolute Gasteiger partial charge is 0.337 e. The Bertz CT molecular complexity index is 677. The molecule has 20 heavy (non-hydrogen) atoms. The zero-order valence-corrected chi connectivity index (χ0v) is 11.5. The molecule has 2 aromatic heterocycles. The fourth-order valence-electron chi connectivity index (χ4n) is 1.56. The summed E-state index contributed by atoms with van der Waals surface area (Å²) < 4.78 is 0. The molecule has 0 bridgehead atoms. The molecule has 0 aliphatic heterocycles. The lowest BCUT2D eigenvalue weighted by Crippen LogP contribution is -2.12. The monoisotopic (exact) mass is 288 g/mol. The lowest BCUT2D eigenvalue weighted by Gasteiger charge is -2.04. The second kappa shape index (κ2) is 6.12. The van der Waals surface area contributed by atoms with Gasteiger partial charge in [-0.3, -0.25) is 9.78 Å². The minimum absolute atomic E-state index is 0.00807. The molecule has 6 heteroatoms. The van der Waals surface area contributed by atoms with Crippen molar-refractivity contribution in [3.8, 4) is 0 Å². The summed E-state index contributed by atoms with van der Waals surface area (Å²) in [5.41, 5.74) is 0.186. The molecule has 0 unspecified atom stereocenters. The summed E-state index contributed by atoms with van der Waals surface area (Å²) in [4.78, 5) is 28.7. The van der Waals surface area contributed by atoms with Gasteiger partial charge in [-0.2, -0.15) is 0 Å². The molecule has 0 aromatic carbocycles. The molecule has 102 valence electrons. The Morgan fingerprint density at radius 3 is 2.80 bits per heavy atom. The molecule has 0 aliphatic rings. The predicted octanol–water partition coefficient (Wildman–Crippen LogP) is 2.80. The van der Waals surface area contributed by atoms with Crippen LogP contribution in [-0.2, 0) is 4.79 Å². The van der Waals surface area contributed by atoms with Crippen LogP contribution in [0.5, 0.6) is 0 Å². The highest BCUT2D eigenvalue weighted by Gasteiger charge is 2.10. The second-order valence-corrected chi connectivity index (χ2v) is 5.32. The van der Waals surface area contributed by atoms with Gasteiger partial charge in [0, 0.05) is 22.0 Å². The van der Waals surface area contributed by atoms with Gasteiger partial charge in [0.1, 0.15) is 0 Å². The number of hydrogen-bond donors (Lipinski definition) is 2. The number of aromatic carboxylic acids is 1. The molecule has 0 aliphatic carbocycles. The number of anilines is 1. The molecule has 0 saturated carbocycles. The summed E-state index contributed by atoms with van der Waals surface area (Å²) in [6, 6.07) is 5.21. The van der Waals surface area contributed by atoms with Crippen LogP contribution in [-0.4, -0.2) is 22.0 Å². The summed E-state index contributed by atoms with van der Waals surface area (Å²) in [5, 5.41) is 11.5. The van der Waals surface area contributed by atoms with Crippen LogP contribution in [0.2, 0.25) is 0 Å². The Balaban J connectivity index is 2.09. The van der Waals surface area contributed by atoms with Gasteiger partial charge in [0.15, 0.2) is 0 Å². The van der Waals surface area contributed by atoms with Crippen LogP contribution in [0.3, 0.4) is 0 Å². The number of thiophene rings is 1. The zero-order valence-electron chi connectivity index (χ0n) is 10.7. The molecule has 2 N–H and O–H groups in total. The quantitative estimate of drug-likeness (QED) is 0.848. The first-order valence-electron chi connectivity index (χ1n) is 5.79. The highest BCUT2D eigenvalue weighted by Crippen LogP contribution is 2.17. The fourth-order valence-corrected chi connectivity index (χ4v) is 2.34. The fraction of sp³-hybridized carbons (Fsp3) is 0.0714. The normalized spacial score (nSPS) is 10.7. The number of aryl methyl sites for hydroxylation is 1. The summed E-state index contributed by atoms with van der Waals surface area (Å²) in [6.45, 7) is 1.98. The number of pyridine rings is 1. The molecule has 2 aromatic rings. The maximum absolute atomic E-state index is 11.8. The van der Waals surface area contributed by atoms with Crippen molar-refractivity contribution in [2.75, 3.05) is 5.32 Å². The van der Waals surface area contributed by atoms with Gasteiger partial charge in [-0.1, -0.05) is 0 Å². The lowest BCUT2D eigenvalue weighted by molar-refractivity contribution is -0.111. The van der Waals surface area contributed by atoms with E-state index in [-0.39, 0.29) is 11.3 Å². The first-order valence-corrected chi connectivity index (χ1v) is 6.61. The number of nitrogens with zero attached hydrogens (tertiary/aromatic N) is 1. The maximum Gasteiger partial charge on any atom is 0.337 e. The van der Waals surface area contributed by atoms with E-state index in [1.807, 2.05) is 19.1 Å². The molecule has 2 rings (SSSR count). The van der Waals surface area contributed by atoms with Crippen LogP contribution in [0.1, 0.15) is 20.1 Å². The third kappa shape index (κ3) is 3.52.